The number of nitrogens with zero attached hydrogens (tertiary/aromatic N) is 2. The molecule has 1 fully saturated rings. The van der Waals surface area contributed by atoms with Crippen LogP contribution in [0.2, 0.25) is 0 Å². The van der Waals surface area contributed by atoms with E-state index in [0.717, 1.165) is 22.4 Å². The van der Waals surface area contributed by atoms with Crippen LogP contribution in [0.3, 0.4) is 0 Å². The van der Waals surface area contributed by atoms with Gasteiger partial charge in [-0.05, 0) is 42.3 Å². The van der Waals surface area contributed by atoms with Crippen LogP contribution in [0.1, 0.15) is 38.8 Å². The fourth-order valence-electron chi connectivity index (χ4n) is 6.86. The third kappa shape index (κ3) is 3.15. The molecule has 0 unspecified atom stereocenters. The fourth-order valence-corrected chi connectivity index (χ4v) is 6.86. The molecule has 4 atom stereocenters. The van der Waals surface area contributed by atoms with Gasteiger partial charge in [-0.3, -0.25) is 19.4 Å². The van der Waals surface area contributed by atoms with E-state index >= 15 is 0 Å². The molecule has 1 spiro atoms. The first-order valence-corrected chi connectivity index (χ1v) is 13.0. The number of hydrogen-bond acceptors (Lipinski definition) is 5. The lowest BCUT2D eigenvalue weighted by atomic mass is 9.64. The van der Waals surface area contributed by atoms with Crippen LogP contribution in [0.25, 0.3) is 5.57 Å². The summed E-state index contributed by atoms with van der Waals surface area (Å²) in [6.45, 7) is 2.02. The lowest BCUT2D eigenvalue weighted by Crippen LogP contribution is -2.51. The largest absolute Gasteiger partial charge is 0.352 e. The van der Waals surface area contributed by atoms with Gasteiger partial charge in [-0.2, -0.15) is 0 Å². The van der Waals surface area contributed by atoms with Crippen LogP contribution >= 0.6 is 0 Å². The number of carbonyl (C=O) groups is 3. The minimum absolute atomic E-state index is 0.190. The van der Waals surface area contributed by atoms with Gasteiger partial charge in [-0.25, -0.2) is 0 Å². The van der Waals surface area contributed by atoms with E-state index in [1.165, 1.54) is 0 Å². The van der Waals surface area contributed by atoms with Gasteiger partial charge in [0, 0.05) is 40.5 Å². The van der Waals surface area contributed by atoms with Gasteiger partial charge in [0.1, 0.15) is 11.5 Å². The minimum atomic E-state index is -1.32. The second-order valence-electron chi connectivity index (χ2n) is 10.3. The Hall–Kier alpha value is -4.84. The highest BCUT2D eigenvalue weighted by Gasteiger charge is 2.70. The Bertz CT molecular complexity index is 1680. The second-order valence-corrected chi connectivity index (χ2v) is 10.3. The molecule has 3 aromatic carbocycles. The molecule has 7 rings (SSSR count). The van der Waals surface area contributed by atoms with Crippen LogP contribution in [0.15, 0.2) is 109 Å². The number of nitrogens with one attached hydrogen (secondary N) is 1. The third-order valence-corrected chi connectivity index (χ3v) is 8.46. The van der Waals surface area contributed by atoms with Crippen molar-refractivity contribution in [3.63, 3.8) is 0 Å². The summed E-state index contributed by atoms with van der Waals surface area (Å²) in [7, 11) is 0. The molecule has 4 heterocycles. The van der Waals surface area contributed by atoms with Crippen molar-refractivity contribution in [1.29, 1.82) is 0 Å². The number of benzene rings is 3. The van der Waals surface area contributed by atoms with Crippen molar-refractivity contribution in [3.05, 3.63) is 132 Å². The molecular weight excluding hydrogens is 486 g/mol. The van der Waals surface area contributed by atoms with Crippen LogP contribution in [0.4, 0.5) is 11.4 Å². The van der Waals surface area contributed by atoms with Crippen LogP contribution in [0.5, 0.6) is 0 Å². The first-order valence-electron chi connectivity index (χ1n) is 13.0. The van der Waals surface area contributed by atoms with Crippen molar-refractivity contribution in [3.8, 4) is 0 Å². The predicted octanol–water partition coefficient (Wildman–Crippen LogP) is 5.33. The van der Waals surface area contributed by atoms with Crippen molar-refractivity contribution in [2.24, 2.45) is 5.92 Å². The number of carbonyl (C=O) groups excluding carboxylic acids is 3. The van der Waals surface area contributed by atoms with Crippen LogP contribution in [-0.2, 0) is 10.2 Å². The Kier molecular flexibility index (Phi) is 5.13. The quantitative estimate of drug-likeness (QED) is 0.375. The number of allylic oxidation sites excluding steroid dienone is 1. The van der Waals surface area contributed by atoms with E-state index in [1.54, 1.807) is 36.7 Å². The molecule has 0 saturated carbocycles. The average Bonchev–Trinajstić information content (AvgIpc) is 3.45. The van der Waals surface area contributed by atoms with Crippen LogP contribution in [0, 0.1) is 5.92 Å². The number of fused-ring (bicyclic) bond motifs is 6. The minimum Gasteiger partial charge on any atom is -0.352 e. The van der Waals surface area contributed by atoms with Crippen LogP contribution < -0.4 is 10.2 Å². The summed E-state index contributed by atoms with van der Waals surface area (Å²) < 4.78 is 0. The SMILES string of the molecule is CC1=C[C@@H]2N(c3ccccc31)[C@@H](C(=O)c1ccccc1)[C@@H](C(=O)c1ccncc1)[C@]21C(=O)Nc2ccccc21. The highest BCUT2D eigenvalue weighted by atomic mass is 16.2. The molecule has 1 aromatic heterocycles. The molecule has 1 saturated heterocycles. The molecule has 1 N–H and O–H groups in total. The third-order valence-electron chi connectivity index (χ3n) is 8.46. The number of ketones is 2. The Balaban J connectivity index is 1.57. The highest BCUT2D eigenvalue weighted by molar-refractivity contribution is 6.18. The molecule has 1 amide bonds. The van der Waals surface area contributed by atoms with E-state index in [-0.39, 0.29) is 17.5 Å². The van der Waals surface area contributed by atoms with Crippen molar-refractivity contribution < 1.29 is 14.4 Å². The molecule has 6 heteroatoms. The topological polar surface area (TPSA) is 79.4 Å². The van der Waals surface area contributed by atoms with Gasteiger partial charge in [0.05, 0.1) is 12.0 Å². The number of Topliss-reactive ketones (excluding diaryl/α,β-unsaturated/α-hetero) is 2. The monoisotopic (exact) mass is 511 g/mol. The molecule has 3 aliphatic rings. The number of para-hydroxylation sites is 2. The number of pyridine rings is 1. The molecule has 6 nitrogen and oxygen atoms in total. The number of amides is 1. The summed E-state index contributed by atoms with van der Waals surface area (Å²) in [5.41, 5.74) is 3.86. The summed E-state index contributed by atoms with van der Waals surface area (Å²) in [6, 6.07) is 26.3. The Labute approximate surface area is 226 Å². The lowest BCUT2D eigenvalue weighted by Gasteiger charge is -2.39. The number of hydrogen-bond donors (Lipinski definition) is 1. The van der Waals surface area contributed by atoms with Gasteiger partial charge in [-0.1, -0.05) is 72.8 Å². The lowest BCUT2D eigenvalue weighted by molar-refractivity contribution is -0.121. The molecule has 0 bridgehead atoms. The fraction of sp³-hybridized carbons (Fsp3) is 0.152. The number of aromatic nitrogens is 1. The van der Waals surface area contributed by atoms with E-state index in [9.17, 15) is 14.4 Å². The van der Waals surface area contributed by atoms with Gasteiger partial charge < -0.3 is 10.2 Å². The molecule has 3 aliphatic heterocycles. The summed E-state index contributed by atoms with van der Waals surface area (Å²) in [5, 5.41) is 3.07. The molecule has 0 radical (unpaired) electrons. The van der Waals surface area contributed by atoms with Gasteiger partial charge in [-0.15, -0.1) is 0 Å². The predicted molar refractivity (Wildman–Crippen MR) is 150 cm³/mol. The van der Waals surface area contributed by atoms with Gasteiger partial charge in [0.25, 0.3) is 0 Å². The Morgan fingerprint density at radius 2 is 1.49 bits per heavy atom. The number of anilines is 2. The smallest absolute Gasteiger partial charge is 0.238 e. The Morgan fingerprint density at radius 1 is 0.821 bits per heavy atom. The van der Waals surface area contributed by atoms with Crippen molar-refractivity contribution >= 4 is 34.4 Å². The van der Waals surface area contributed by atoms with Gasteiger partial charge in [0.15, 0.2) is 11.6 Å². The standard InChI is InChI=1S/C33H25N3O3/c1-20-19-27-33(24-12-6-7-13-25(24)35-32(33)39)28(30(37)22-15-17-34-18-16-22)29(31(38)21-9-3-2-4-10-21)36(27)26-14-8-5-11-23(20)26/h2-19,27-29H,1H3,(H,35,39)/t27-,28-,29+,33+/m0/s1. The van der Waals surface area contributed by atoms with E-state index in [4.69, 9.17) is 0 Å². The van der Waals surface area contributed by atoms with E-state index < -0.39 is 23.4 Å². The van der Waals surface area contributed by atoms with E-state index in [2.05, 4.69) is 16.4 Å². The zero-order valence-corrected chi connectivity index (χ0v) is 21.2. The zero-order valence-electron chi connectivity index (χ0n) is 21.2. The first kappa shape index (κ1) is 23.3. The van der Waals surface area contributed by atoms with E-state index in [1.807, 2.05) is 78.6 Å². The summed E-state index contributed by atoms with van der Waals surface area (Å²) >= 11 is 0. The van der Waals surface area contributed by atoms with Gasteiger partial charge >= 0.3 is 0 Å². The maximum absolute atomic E-state index is 14.6. The summed E-state index contributed by atoms with van der Waals surface area (Å²) in [4.78, 5) is 49.6. The van der Waals surface area contributed by atoms with Gasteiger partial charge in [0.2, 0.25) is 5.91 Å². The molecule has 4 aromatic rings. The maximum atomic E-state index is 14.6. The molecule has 0 aliphatic carbocycles. The van der Waals surface area contributed by atoms with Crippen molar-refractivity contribution in [1.82, 2.24) is 4.98 Å². The molecule has 190 valence electrons. The zero-order chi connectivity index (χ0) is 26.7. The summed E-state index contributed by atoms with van der Waals surface area (Å²) in [5.74, 6) is -1.70. The van der Waals surface area contributed by atoms with Crippen molar-refractivity contribution in [2.75, 3.05) is 10.2 Å². The average molecular weight is 512 g/mol. The first-order chi connectivity index (χ1) is 19.0. The van der Waals surface area contributed by atoms with Crippen molar-refractivity contribution in [2.45, 2.75) is 24.4 Å². The Morgan fingerprint density at radius 3 is 2.28 bits per heavy atom. The van der Waals surface area contributed by atoms with E-state index in [0.29, 0.717) is 16.8 Å². The second kappa shape index (κ2) is 8.60. The number of rotatable bonds is 4. The summed E-state index contributed by atoms with van der Waals surface area (Å²) in [6.07, 6.45) is 5.20. The highest BCUT2D eigenvalue weighted by Crippen LogP contribution is 2.58. The van der Waals surface area contributed by atoms with Crippen LogP contribution in [-0.4, -0.2) is 34.5 Å². The normalized spacial score (nSPS) is 24.4. The molecule has 39 heavy (non-hydrogen) atoms. The molecular formula is C33H25N3O3. The maximum Gasteiger partial charge on any atom is 0.238 e.